The van der Waals surface area contributed by atoms with E-state index in [1.54, 1.807) is 33.9 Å². The summed E-state index contributed by atoms with van der Waals surface area (Å²) in [5.74, 6) is 0. The number of alkyl carbamates (subject to hydrolysis) is 1. The van der Waals surface area contributed by atoms with Crippen LogP contribution in [-0.2, 0) is 15.9 Å². The van der Waals surface area contributed by atoms with Gasteiger partial charge in [-0.05, 0) is 75.9 Å². The Morgan fingerprint density at radius 3 is 2.19 bits per heavy atom. The van der Waals surface area contributed by atoms with Gasteiger partial charge >= 0.3 is 6.09 Å². The number of ether oxygens (including phenoxy) is 2. The van der Waals surface area contributed by atoms with E-state index in [1.807, 2.05) is 36.4 Å². The Labute approximate surface area is 200 Å². The van der Waals surface area contributed by atoms with Crippen LogP contribution in [0.5, 0.6) is 0 Å². The molecule has 0 aliphatic rings. The average molecular weight is 483 g/mol. The van der Waals surface area contributed by atoms with Gasteiger partial charge in [-0.3, -0.25) is 0 Å². The Balaban J connectivity index is 1.94. The van der Waals surface area contributed by atoms with Crippen LogP contribution in [0.25, 0.3) is 0 Å². The molecule has 0 heterocycles. The summed E-state index contributed by atoms with van der Waals surface area (Å²) in [6, 6.07) is 13.3. The fourth-order valence-electron chi connectivity index (χ4n) is 3.31. The van der Waals surface area contributed by atoms with Gasteiger partial charge in [-0.25, -0.2) is 4.79 Å². The van der Waals surface area contributed by atoms with Crippen LogP contribution in [0.3, 0.4) is 0 Å². The zero-order valence-electron chi connectivity index (χ0n) is 19.0. The molecule has 0 aliphatic carbocycles. The topological polar surface area (TPSA) is 79.8 Å². The number of nitrogens with one attached hydrogen (secondary N) is 2. The monoisotopic (exact) mass is 482 g/mol. The fraction of sp³-hybridized carbons (Fsp3) is 0.458. The van der Waals surface area contributed by atoms with Crippen LogP contribution in [0.4, 0.5) is 16.2 Å². The standard InChI is InChI=1S/C24H32Cl2N2O4/c1-23(2,3)32-22(30)28-24(15-29,16-31-4)11-5-6-17-7-9-20(10-8-17)27-21-13-18(25)12-19(26)14-21/h7-10,12-14,27,29H,5-6,11,15-16H2,1-4H3,(H,28,30). The van der Waals surface area contributed by atoms with E-state index in [2.05, 4.69) is 10.6 Å². The lowest BCUT2D eigenvalue weighted by molar-refractivity contribution is 0.0196. The van der Waals surface area contributed by atoms with E-state index in [4.69, 9.17) is 32.7 Å². The molecule has 1 amide bonds. The molecule has 3 N–H and O–H groups in total. The molecule has 1 atom stereocenters. The number of halogens is 2. The summed E-state index contributed by atoms with van der Waals surface area (Å²) >= 11 is 12.1. The van der Waals surface area contributed by atoms with Crippen molar-refractivity contribution in [2.24, 2.45) is 0 Å². The highest BCUT2D eigenvalue weighted by Crippen LogP contribution is 2.26. The normalized spacial score (nSPS) is 13.3. The molecule has 2 aromatic carbocycles. The number of benzene rings is 2. The first kappa shape index (κ1) is 26.3. The third-order valence-electron chi connectivity index (χ3n) is 4.72. The van der Waals surface area contributed by atoms with Gasteiger partial charge in [-0.15, -0.1) is 0 Å². The molecule has 0 saturated heterocycles. The molecule has 0 aromatic heterocycles. The number of carbonyl (C=O) groups excluding carboxylic acids is 1. The van der Waals surface area contributed by atoms with Gasteiger partial charge in [0.15, 0.2) is 0 Å². The number of aliphatic hydroxyl groups is 1. The molecule has 0 spiro atoms. The fourth-order valence-corrected chi connectivity index (χ4v) is 3.84. The van der Waals surface area contributed by atoms with Gasteiger partial charge in [0.2, 0.25) is 0 Å². The van der Waals surface area contributed by atoms with E-state index in [0.717, 1.165) is 29.8 Å². The van der Waals surface area contributed by atoms with Gasteiger partial charge < -0.3 is 25.2 Å². The molecular weight excluding hydrogens is 451 g/mol. The largest absolute Gasteiger partial charge is 0.444 e. The third kappa shape index (κ3) is 8.87. The van der Waals surface area contributed by atoms with Crippen LogP contribution in [0.1, 0.15) is 39.2 Å². The second kappa shape index (κ2) is 11.8. The summed E-state index contributed by atoms with van der Waals surface area (Å²) < 4.78 is 10.6. The van der Waals surface area contributed by atoms with Crippen molar-refractivity contribution in [3.8, 4) is 0 Å². The first-order chi connectivity index (χ1) is 15.0. The van der Waals surface area contributed by atoms with E-state index in [9.17, 15) is 9.90 Å². The molecule has 32 heavy (non-hydrogen) atoms. The molecule has 0 bridgehead atoms. The van der Waals surface area contributed by atoms with Crippen molar-refractivity contribution in [3.63, 3.8) is 0 Å². The highest BCUT2D eigenvalue weighted by Gasteiger charge is 2.33. The minimum absolute atomic E-state index is 0.188. The van der Waals surface area contributed by atoms with Gasteiger partial charge in [0.25, 0.3) is 0 Å². The number of aliphatic hydroxyl groups excluding tert-OH is 1. The summed E-state index contributed by atoms with van der Waals surface area (Å²) in [5.41, 5.74) is 1.36. The second-order valence-corrected chi connectivity index (χ2v) is 9.70. The molecule has 0 saturated carbocycles. The van der Waals surface area contributed by atoms with Crippen LogP contribution < -0.4 is 10.6 Å². The van der Waals surface area contributed by atoms with Crippen molar-refractivity contribution < 1.29 is 19.4 Å². The van der Waals surface area contributed by atoms with E-state index in [1.165, 1.54) is 0 Å². The number of methoxy groups -OCH3 is 1. The summed E-state index contributed by atoms with van der Waals surface area (Å²) in [6.45, 7) is 5.33. The van der Waals surface area contributed by atoms with E-state index in [0.29, 0.717) is 16.5 Å². The van der Waals surface area contributed by atoms with Crippen molar-refractivity contribution in [3.05, 3.63) is 58.1 Å². The summed E-state index contributed by atoms with van der Waals surface area (Å²) in [7, 11) is 1.54. The second-order valence-electron chi connectivity index (χ2n) is 8.83. The van der Waals surface area contributed by atoms with Gasteiger partial charge in [0, 0.05) is 28.5 Å². The lowest BCUT2D eigenvalue weighted by Gasteiger charge is -2.33. The van der Waals surface area contributed by atoms with Crippen molar-refractivity contribution in [2.75, 3.05) is 25.6 Å². The number of carbonyl (C=O) groups is 1. The van der Waals surface area contributed by atoms with Crippen molar-refractivity contribution in [1.82, 2.24) is 5.32 Å². The van der Waals surface area contributed by atoms with Crippen LogP contribution in [0.2, 0.25) is 10.0 Å². The number of amides is 1. The predicted molar refractivity (Wildman–Crippen MR) is 130 cm³/mol. The summed E-state index contributed by atoms with van der Waals surface area (Å²) in [5, 5.41) is 17.2. The van der Waals surface area contributed by atoms with Crippen molar-refractivity contribution in [1.29, 1.82) is 0 Å². The van der Waals surface area contributed by atoms with Gasteiger partial charge in [-0.2, -0.15) is 0 Å². The highest BCUT2D eigenvalue weighted by molar-refractivity contribution is 6.35. The van der Waals surface area contributed by atoms with E-state index >= 15 is 0 Å². The van der Waals surface area contributed by atoms with Crippen molar-refractivity contribution >= 4 is 40.7 Å². The Morgan fingerprint density at radius 1 is 1.03 bits per heavy atom. The zero-order chi connectivity index (χ0) is 23.8. The quantitative estimate of drug-likeness (QED) is 0.389. The Hall–Kier alpha value is -1.99. The maximum atomic E-state index is 12.2. The van der Waals surface area contributed by atoms with E-state index in [-0.39, 0.29) is 13.2 Å². The van der Waals surface area contributed by atoms with Crippen LogP contribution in [0.15, 0.2) is 42.5 Å². The SMILES string of the molecule is COCC(CO)(CCCc1ccc(Nc2cc(Cl)cc(Cl)c2)cc1)NC(=O)OC(C)(C)C. The molecule has 0 fully saturated rings. The van der Waals surface area contributed by atoms with Gasteiger partial charge in [-0.1, -0.05) is 35.3 Å². The number of anilines is 2. The van der Waals surface area contributed by atoms with Crippen LogP contribution in [-0.4, -0.2) is 42.7 Å². The zero-order valence-corrected chi connectivity index (χ0v) is 20.5. The average Bonchev–Trinajstić information content (AvgIpc) is 2.67. The number of hydrogen-bond donors (Lipinski definition) is 3. The molecule has 0 aliphatic heterocycles. The molecule has 2 rings (SSSR count). The molecule has 0 radical (unpaired) electrons. The maximum absolute atomic E-state index is 12.2. The smallest absolute Gasteiger partial charge is 0.408 e. The molecular formula is C24H32Cl2N2O4. The number of hydrogen-bond acceptors (Lipinski definition) is 5. The van der Waals surface area contributed by atoms with E-state index < -0.39 is 17.2 Å². The van der Waals surface area contributed by atoms with Gasteiger partial charge in [0.05, 0.1) is 18.8 Å². The lowest BCUT2D eigenvalue weighted by Crippen LogP contribution is -2.55. The Morgan fingerprint density at radius 2 is 1.66 bits per heavy atom. The summed E-state index contributed by atoms with van der Waals surface area (Å²) in [4.78, 5) is 12.2. The minimum atomic E-state index is -0.898. The molecule has 8 heteroatoms. The maximum Gasteiger partial charge on any atom is 0.408 e. The molecule has 6 nitrogen and oxygen atoms in total. The summed E-state index contributed by atoms with van der Waals surface area (Å²) in [6.07, 6.45) is 1.50. The first-order valence-corrected chi connectivity index (χ1v) is 11.2. The first-order valence-electron chi connectivity index (χ1n) is 10.5. The molecule has 1 unspecified atom stereocenters. The molecule has 2 aromatic rings. The number of rotatable bonds is 10. The highest BCUT2D eigenvalue weighted by atomic mass is 35.5. The third-order valence-corrected chi connectivity index (χ3v) is 5.15. The Bertz CT molecular complexity index is 864. The number of aryl methyl sites for hydroxylation is 1. The van der Waals surface area contributed by atoms with Crippen molar-refractivity contribution in [2.45, 2.75) is 51.2 Å². The predicted octanol–water partition coefficient (Wildman–Crippen LogP) is 5.96. The lowest BCUT2D eigenvalue weighted by atomic mass is 9.93. The molecule has 176 valence electrons. The minimum Gasteiger partial charge on any atom is -0.444 e. The van der Waals surface area contributed by atoms with Crippen LogP contribution in [0, 0.1) is 0 Å². The van der Waals surface area contributed by atoms with Gasteiger partial charge in [0.1, 0.15) is 5.60 Å². The Kier molecular flexibility index (Phi) is 9.64. The van der Waals surface area contributed by atoms with Crippen LogP contribution >= 0.6 is 23.2 Å².